The van der Waals surface area contributed by atoms with E-state index in [1.165, 1.54) is 12.1 Å². The number of hydrogen-bond acceptors (Lipinski definition) is 13. The summed E-state index contributed by atoms with van der Waals surface area (Å²) in [7, 11) is 0. The van der Waals surface area contributed by atoms with Crippen LogP contribution in [0.5, 0.6) is 11.8 Å². The first-order valence-corrected chi connectivity index (χ1v) is 15.3. The molecule has 0 saturated carbocycles. The average Bonchev–Trinajstić information content (AvgIpc) is 3.73. The smallest absolute Gasteiger partial charge is 0.478 e. The number of aromatic nitrogens is 6. The van der Waals surface area contributed by atoms with Crippen molar-refractivity contribution in [2.45, 2.75) is 33.2 Å². The lowest BCUT2D eigenvalue weighted by Gasteiger charge is -2.12. The second-order valence-corrected chi connectivity index (χ2v) is 10.8. The molecule has 50 heavy (non-hydrogen) atoms. The highest BCUT2D eigenvalue weighted by molar-refractivity contribution is 6.01. The summed E-state index contributed by atoms with van der Waals surface area (Å²) in [4.78, 5) is 34.7. The maximum Gasteiger partial charge on any atom is 0.515 e. The van der Waals surface area contributed by atoms with E-state index in [1.54, 1.807) is 41.8 Å². The van der Waals surface area contributed by atoms with Crippen molar-refractivity contribution in [3.05, 3.63) is 108 Å². The third kappa shape index (κ3) is 7.58. The Kier molecular flexibility index (Phi) is 10.1. The molecule has 16 heteroatoms. The summed E-state index contributed by atoms with van der Waals surface area (Å²) < 4.78 is 18.1. The van der Waals surface area contributed by atoms with Crippen LogP contribution in [0.3, 0.4) is 0 Å². The molecule has 1 atom stereocenters. The molecule has 16 nitrogen and oxygen atoms in total. The van der Waals surface area contributed by atoms with Gasteiger partial charge in [-0.25, -0.2) is 14.4 Å². The van der Waals surface area contributed by atoms with Gasteiger partial charge in [-0.15, -0.1) is 15.0 Å². The number of benzene rings is 4. The Hall–Kier alpha value is -6.20. The summed E-state index contributed by atoms with van der Waals surface area (Å²) in [5.41, 5.74) is 4.95. The van der Waals surface area contributed by atoms with Gasteiger partial charge in [-0.2, -0.15) is 4.98 Å². The zero-order valence-electron chi connectivity index (χ0n) is 26.8. The molecule has 0 radical (unpaired) electrons. The molecule has 2 heterocycles. The number of imidazole rings is 1. The topological polar surface area (TPSA) is 196 Å². The Morgan fingerprint density at radius 3 is 2.42 bits per heavy atom. The second-order valence-electron chi connectivity index (χ2n) is 10.8. The fraction of sp³-hybridized carbons (Fsp3) is 0.176. The van der Waals surface area contributed by atoms with Crippen LogP contribution in [-0.4, -0.2) is 69.4 Å². The van der Waals surface area contributed by atoms with E-state index >= 15 is 0 Å². The van der Waals surface area contributed by atoms with Gasteiger partial charge in [0.1, 0.15) is 5.75 Å². The highest BCUT2D eigenvalue weighted by Crippen LogP contribution is 2.31. The van der Waals surface area contributed by atoms with Crippen LogP contribution in [-0.2, 0) is 22.7 Å². The maximum atomic E-state index is 12.5. The van der Waals surface area contributed by atoms with Crippen LogP contribution in [0.2, 0.25) is 0 Å². The summed E-state index contributed by atoms with van der Waals surface area (Å²) in [5, 5.41) is 39.6. The van der Waals surface area contributed by atoms with Crippen LogP contribution >= 0.6 is 0 Å². The van der Waals surface area contributed by atoms with E-state index < -0.39 is 23.7 Å². The van der Waals surface area contributed by atoms with Gasteiger partial charge >= 0.3 is 12.1 Å². The standard InChI is InChI=1S/C34H31N7O9/c1-3-47-33-35-29-13-7-12-28(32(42)43)30(29)39(33)19-22-14-16-24(17-15-22)26-10-4-5-11-27(26)31-36-38-40(37-31)21(2)49-34(44)50-25-9-6-8-23(18-25)20-48-41(45)46/h4-18,21,45-46H,3,19-20H2,1-2H3,(H,42,43). The third-order valence-electron chi connectivity index (χ3n) is 7.48. The van der Waals surface area contributed by atoms with Crippen LogP contribution in [0.15, 0.2) is 91.0 Å². The van der Waals surface area contributed by atoms with Crippen molar-refractivity contribution < 1.29 is 44.2 Å². The van der Waals surface area contributed by atoms with Gasteiger partial charge < -0.3 is 19.3 Å². The minimum atomic E-state index is -1.05. The molecule has 0 aliphatic rings. The second kappa shape index (κ2) is 14.9. The van der Waals surface area contributed by atoms with Crippen LogP contribution in [0, 0.1) is 0 Å². The number of nitrogens with zero attached hydrogens (tertiary/aromatic N) is 7. The molecule has 2 aromatic heterocycles. The molecule has 4 aromatic carbocycles. The molecule has 6 rings (SSSR count). The maximum absolute atomic E-state index is 12.5. The summed E-state index contributed by atoms with van der Waals surface area (Å²) >= 11 is 0. The van der Waals surface area contributed by atoms with Crippen molar-refractivity contribution in [3.63, 3.8) is 0 Å². The Morgan fingerprint density at radius 2 is 1.68 bits per heavy atom. The summed E-state index contributed by atoms with van der Waals surface area (Å²) in [5.74, 6) is -0.598. The lowest BCUT2D eigenvalue weighted by Crippen LogP contribution is -2.19. The van der Waals surface area contributed by atoms with Gasteiger partial charge in [0.15, 0.2) is 0 Å². The number of tetrazole rings is 1. The molecule has 0 saturated heterocycles. The van der Waals surface area contributed by atoms with Gasteiger partial charge in [-0.05, 0) is 65.6 Å². The van der Waals surface area contributed by atoms with Gasteiger partial charge in [0.2, 0.25) is 12.1 Å². The molecule has 0 aliphatic carbocycles. The fourth-order valence-electron chi connectivity index (χ4n) is 5.25. The zero-order valence-corrected chi connectivity index (χ0v) is 26.8. The van der Waals surface area contributed by atoms with Crippen molar-refractivity contribution in [1.29, 1.82) is 0 Å². The van der Waals surface area contributed by atoms with Crippen molar-refractivity contribution in [3.8, 4) is 34.3 Å². The van der Waals surface area contributed by atoms with Crippen molar-refractivity contribution in [1.82, 2.24) is 35.1 Å². The lowest BCUT2D eigenvalue weighted by molar-refractivity contribution is -0.497. The molecule has 0 bridgehead atoms. The Morgan fingerprint density at radius 1 is 0.920 bits per heavy atom. The van der Waals surface area contributed by atoms with Gasteiger partial charge in [-0.3, -0.25) is 15.0 Å². The van der Waals surface area contributed by atoms with E-state index in [9.17, 15) is 14.7 Å². The number of rotatable bonds is 13. The monoisotopic (exact) mass is 681 g/mol. The predicted octanol–water partition coefficient (Wildman–Crippen LogP) is 5.75. The number of hydrogen-bond donors (Lipinski definition) is 3. The zero-order chi connectivity index (χ0) is 35.2. The van der Waals surface area contributed by atoms with E-state index in [1.807, 2.05) is 55.5 Å². The minimum Gasteiger partial charge on any atom is -0.478 e. The molecule has 256 valence electrons. The normalized spacial score (nSPS) is 11.9. The summed E-state index contributed by atoms with van der Waals surface area (Å²) in [6.45, 7) is 3.92. The SMILES string of the molecule is CCOc1nc2cccc(C(=O)O)c2n1Cc1ccc(-c2ccccc2-c2nnn(C(C)OC(=O)Oc3cccc(CON(O)O)c3)n2)cc1. The van der Waals surface area contributed by atoms with Gasteiger partial charge in [-0.1, -0.05) is 66.7 Å². The summed E-state index contributed by atoms with van der Waals surface area (Å²) in [6, 6.07) is 26.8. The largest absolute Gasteiger partial charge is 0.515 e. The van der Waals surface area contributed by atoms with Gasteiger partial charge in [0, 0.05) is 5.56 Å². The van der Waals surface area contributed by atoms with Gasteiger partial charge in [0.05, 0.1) is 41.7 Å². The molecule has 0 aliphatic heterocycles. The molecular formula is C34H31N7O9. The number of carboxylic acid groups (broad SMARTS) is 1. The number of carbonyl (C=O) groups excluding carboxylic acids is 1. The van der Waals surface area contributed by atoms with E-state index in [-0.39, 0.29) is 17.9 Å². The number of ether oxygens (including phenoxy) is 3. The first kappa shape index (κ1) is 33.7. The number of carboxylic acids is 1. The van der Waals surface area contributed by atoms with E-state index in [4.69, 9.17) is 24.6 Å². The van der Waals surface area contributed by atoms with Gasteiger partial charge in [0.25, 0.3) is 6.01 Å². The van der Waals surface area contributed by atoms with Crippen LogP contribution < -0.4 is 9.47 Å². The molecule has 0 spiro atoms. The third-order valence-corrected chi connectivity index (χ3v) is 7.48. The van der Waals surface area contributed by atoms with E-state index in [0.717, 1.165) is 21.5 Å². The van der Waals surface area contributed by atoms with Crippen LogP contribution in [0.25, 0.3) is 33.5 Å². The number of fused-ring (bicyclic) bond motifs is 1. The number of aromatic carboxylic acids is 1. The molecule has 6 aromatic rings. The molecule has 0 amide bonds. The average molecular weight is 682 g/mol. The van der Waals surface area contributed by atoms with Crippen molar-refractivity contribution in [2.75, 3.05) is 6.61 Å². The molecule has 3 N–H and O–H groups in total. The Bertz CT molecular complexity index is 2130. The minimum absolute atomic E-state index is 0.139. The molecular weight excluding hydrogens is 650 g/mol. The molecule has 0 fully saturated rings. The van der Waals surface area contributed by atoms with E-state index in [2.05, 4.69) is 25.2 Å². The highest BCUT2D eigenvalue weighted by atomic mass is 17.1. The fourth-order valence-corrected chi connectivity index (χ4v) is 5.25. The first-order valence-electron chi connectivity index (χ1n) is 15.3. The van der Waals surface area contributed by atoms with Crippen LogP contribution in [0.4, 0.5) is 4.79 Å². The summed E-state index contributed by atoms with van der Waals surface area (Å²) in [6.07, 6.45) is -1.99. The number of carbonyl (C=O) groups is 2. The first-order chi connectivity index (χ1) is 24.2. The lowest BCUT2D eigenvalue weighted by atomic mass is 9.98. The van der Waals surface area contributed by atoms with Crippen molar-refractivity contribution in [2.24, 2.45) is 0 Å². The quantitative estimate of drug-likeness (QED) is 0.0757. The Labute approximate surface area is 284 Å². The van der Waals surface area contributed by atoms with Crippen LogP contribution in [0.1, 0.15) is 41.6 Å². The molecule has 1 unspecified atom stereocenters. The predicted molar refractivity (Wildman–Crippen MR) is 174 cm³/mol. The highest BCUT2D eigenvalue weighted by Gasteiger charge is 2.21. The van der Waals surface area contributed by atoms with E-state index in [0.29, 0.717) is 47.1 Å². The Balaban J connectivity index is 1.17. The van der Waals surface area contributed by atoms with Crippen molar-refractivity contribution >= 4 is 23.2 Å². The number of para-hydroxylation sites is 1.